The van der Waals surface area contributed by atoms with E-state index in [2.05, 4.69) is 15.2 Å². The van der Waals surface area contributed by atoms with Gasteiger partial charge in [-0.15, -0.1) is 5.10 Å². The maximum absolute atomic E-state index is 13.2. The molecular formula is C9H8F2N4. The lowest BCUT2D eigenvalue weighted by atomic mass is 10.1. The SMILES string of the molecule is Nc1n[nH]c(Cc2ccc(F)cc2F)n1. The molecule has 0 amide bonds. The van der Waals surface area contributed by atoms with Gasteiger partial charge < -0.3 is 5.73 Å². The van der Waals surface area contributed by atoms with Crippen LogP contribution in [0.2, 0.25) is 0 Å². The predicted molar refractivity (Wildman–Crippen MR) is 50.0 cm³/mol. The summed E-state index contributed by atoms with van der Waals surface area (Å²) in [4.78, 5) is 3.82. The van der Waals surface area contributed by atoms with Crippen LogP contribution in [-0.2, 0) is 6.42 Å². The summed E-state index contributed by atoms with van der Waals surface area (Å²) in [5, 5.41) is 6.15. The average molecular weight is 210 g/mol. The van der Waals surface area contributed by atoms with Crippen LogP contribution in [0.3, 0.4) is 0 Å². The first-order valence-electron chi connectivity index (χ1n) is 4.26. The number of hydrogen-bond donors (Lipinski definition) is 2. The van der Waals surface area contributed by atoms with Crippen molar-refractivity contribution in [3.8, 4) is 0 Å². The van der Waals surface area contributed by atoms with Gasteiger partial charge in [-0.1, -0.05) is 6.07 Å². The fourth-order valence-electron chi connectivity index (χ4n) is 1.23. The van der Waals surface area contributed by atoms with E-state index in [1.165, 1.54) is 12.1 Å². The van der Waals surface area contributed by atoms with Crippen molar-refractivity contribution in [1.82, 2.24) is 15.2 Å². The molecule has 3 N–H and O–H groups in total. The lowest BCUT2D eigenvalue weighted by molar-refractivity contribution is 0.573. The minimum atomic E-state index is -0.607. The molecule has 15 heavy (non-hydrogen) atoms. The minimum absolute atomic E-state index is 0.104. The first kappa shape index (κ1) is 9.57. The van der Waals surface area contributed by atoms with E-state index in [1.807, 2.05) is 0 Å². The normalized spacial score (nSPS) is 10.5. The molecule has 1 aromatic carbocycles. The number of nitrogen functional groups attached to an aromatic ring is 1. The molecule has 0 fully saturated rings. The van der Waals surface area contributed by atoms with Gasteiger partial charge in [0.15, 0.2) is 0 Å². The summed E-state index contributed by atoms with van der Waals surface area (Å²) in [5.41, 5.74) is 5.63. The van der Waals surface area contributed by atoms with Crippen molar-refractivity contribution in [3.63, 3.8) is 0 Å². The first-order chi connectivity index (χ1) is 7.15. The van der Waals surface area contributed by atoms with Gasteiger partial charge >= 0.3 is 0 Å². The number of anilines is 1. The topological polar surface area (TPSA) is 67.6 Å². The number of H-pyrrole nitrogens is 1. The number of aromatic nitrogens is 3. The van der Waals surface area contributed by atoms with Gasteiger partial charge in [-0.3, -0.25) is 5.10 Å². The molecule has 78 valence electrons. The van der Waals surface area contributed by atoms with Crippen LogP contribution in [0.4, 0.5) is 14.7 Å². The van der Waals surface area contributed by atoms with E-state index in [9.17, 15) is 8.78 Å². The van der Waals surface area contributed by atoms with Crippen molar-refractivity contribution in [1.29, 1.82) is 0 Å². The van der Waals surface area contributed by atoms with Crippen LogP contribution in [0, 0.1) is 11.6 Å². The molecule has 0 radical (unpaired) electrons. The van der Waals surface area contributed by atoms with Crippen LogP contribution in [0.15, 0.2) is 18.2 Å². The van der Waals surface area contributed by atoms with Gasteiger partial charge in [-0.25, -0.2) is 8.78 Å². The lowest BCUT2D eigenvalue weighted by Crippen LogP contribution is -1.95. The fraction of sp³-hybridized carbons (Fsp3) is 0.111. The molecule has 4 nitrogen and oxygen atoms in total. The number of nitrogens with one attached hydrogen (secondary N) is 1. The van der Waals surface area contributed by atoms with Gasteiger partial charge in [-0.05, 0) is 11.6 Å². The summed E-state index contributed by atoms with van der Waals surface area (Å²) >= 11 is 0. The Hall–Kier alpha value is -1.98. The van der Waals surface area contributed by atoms with Crippen LogP contribution in [0.25, 0.3) is 0 Å². The molecule has 0 bridgehead atoms. The summed E-state index contributed by atoms with van der Waals surface area (Å²) in [6, 6.07) is 3.39. The molecule has 0 unspecified atom stereocenters. The van der Waals surface area contributed by atoms with Crippen molar-refractivity contribution >= 4 is 5.95 Å². The molecule has 1 heterocycles. The number of nitrogens with two attached hydrogens (primary N) is 1. The van der Waals surface area contributed by atoms with E-state index in [0.717, 1.165) is 6.07 Å². The third-order valence-corrected chi connectivity index (χ3v) is 1.92. The Kier molecular flexibility index (Phi) is 2.32. The average Bonchev–Trinajstić information content (AvgIpc) is 2.56. The summed E-state index contributed by atoms with van der Waals surface area (Å²) in [6.07, 6.45) is 0.205. The van der Waals surface area contributed by atoms with Crippen LogP contribution in [0.5, 0.6) is 0 Å². The first-order valence-corrected chi connectivity index (χ1v) is 4.26. The zero-order chi connectivity index (χ0) is 10.8. The molecule has 6 heteroatoms. The van der Waals surface area contributed by atoms with E-state index in [0.29, 0.717) is 11.4 Å². The minimum Gasteiger partial charge on any atom is -0.367 e. The van der Waals surface area contributed by atoms with Crippen molar-refractivity contribution in [2.45, 2.75) is 6.42 Å². The van der Waals surface area contributed by atoms with Crippen molar-refractivity contribution in [3.05, 3.63) is 41.2 Å². The van der Waals surface area contributed by atoms with Gasteiger partial charge in [-0.2, -0.15) is 4.98 Å². The Morgan fingerprint density at radius 2 is 2.13 bits per heavy atom. The smallest absolute Gasteiger partial charge is 0.239 e. The zero-order valence-electron chi connectivity index (χ0n) is 7.67. The number of rotatable bonds is 2. The fourth-order valence-corrected chi connectivity index (χ4v) is 1.23. The molecule has 0 aliphatic carbocycles. The number of halogens is 2. The zero-order valence-corrected chi connectivity index (χ0v) is 7.67. The predicted octanol–water partition coefficient (Wildman–Crippen LogP) is 1.26. The second-order valence-corrected chi connectivity index (χ2v) is 3.05. The summed E-state index contributed by atoms with van der Waals surface area (Å²) in [6.45, 7) is 0. The molecule has 0 atom stereocenters. The number of nitrogens with zero attached hydrogens (tertiary/aromatic N) is 2. The van der Waals surface area contributed by atoms with Gasteiger partial charge in [0.05, 0.1) is 0 Å². The number of hydrogen-bond acceptors (Lipinski definition) is 3. The third kappa shape index (κ3) is 2.09. The highest BCUT2D eigenvalue weighted by Crippen LogP contribution is 2.12. The standard InChI is InChI=1S/C9H8F2N4/c10-6-2-1-5(7(11)4-6)3-8-13-9(12)15-14-8/h1-2,4H,3H2,(H3,12,13,14,15). The quantitative estimate of drug-likeness (QED) is 0.783. The highest BCUT2D eigenvalue weighted by molar-refractivity contribution is 5.23. The Morgan fingerprint density at radius 1 is 1.33 bits per heavy atom. The van der Waals surface area contributed by atoms with Gasteiger partial charge in [0.2, 0.25) is 5.95 Å². The van der Waals surface area contributed by atoms with E-state index in [4.69, 9.17) is 5.73 Å². The van der Waals surface area contributed by atoms with Crippen molar-refractivity contribution in [2.75, 3.05) is 5.73 Å². The van der Waals surface area contributed by atoms with Gasteiger partial charge in [0.25, 0.3) is 0 Å². The maximum atomic E-state index is 13.2. The third-order valence-electron chi connectivity index (χ3n) is 1.92. The summed E-state index contributed by atoms with van der Waals surface area (Å²) in [5.74, 6) is -0.663. The van der Waals surface area contributed by atoms with E-state index in [-0.39, 0.29) is 12.4 Å². The molecule has 0 saturated heterocycles. The molecular weight excluding hydrogens is 202 g/mol. The Balaban J connectivity index is 2.24. The van der Waals surface area contributed by atoms with Crippen molar-refractivity contribution in [2.24, 2.45) is 0 Å². The van der Waals surface area contributed by atoms with Crippen LogP contribution in [0.1, 0.15) is 11.4 Å². The highest BCUT2D eigenvalue weighted by Gasteiger charge is 2.07. The lowest BCUT2D eigenvalue weighted by Gasteiger charge is -1.99. The Bertz CT molecular complexity index is 481. The largest absolute Gasteiger partial charge is 0.367 e. The van der Waals surface area contributed by atoms with Crippen LogP contribution in [-0.4, -0.2) is 15.2 Å². The summed E-state index contributed by atoms with van der Waals surface area (Å²) < 4.78 is 25.8. The molecule has 0 spiro atoms. The maximum Gasteiger partial charge on any atom is 0.239 e. The molecule has 2 aromatic rings. The Morgan fingerprint density at radius 3 is 2.73 bits per heavy atom. The van der Waals surface area contributed by atoms with Crippen LogP contribution >= 0.6 is 0 Å². The number of aromatic amines is 1. The molecule has 0 aliphatic heterocycles. The Labute approximate surface area is 84.1 Å². The highest BCUT2D eigenvalue weighted by atomic mass is 19.1. The van der Waals surface area contributed by atoms with E-state index < -0.39 is 11.6 Å². The molecule has 1 aromatic heterocycles. The van der Waals surface area contributed by atoms with Gasteiger partial charge in [0.1, 0.15) is 17.5 Å². The number of benzene rings is 1. The molecule has 0 aliphatic rings. The summed E-state index contributed by atoms with van der Waals surface area (Å²) in [7, 11) is 0. The van der Waals surface area contributed by atoms with Gasteiger partial charge in [0, 0.05) is 12.5 Å². The van der Waals surface area contributed by atoms with E-state index in [1.54, 1.807) is 0 Å². The van der Waals surface area contributed by atoms with E-state index >= 15 is 0 Å². The monoisotopic (exact) mass is 210 g/mol. The van der Waals surface area contributed by atoms with Crippen molar-refractivity contribution < 1.29 is 8.78 Å². The molecule has 2 rings (SSSR count). The second kappa shape index (κ2) is 3.64. The molecule has 0 saturated carbocycles. The van der Waals surface area contributed by atoms with Crippen LogP contribution < -0.4 is 5.73 Å². The second-order valence-electron chi connectivity index (χ2n) is 3.05.